The molecule has 3 N–H and O–H groups in total. The van der Waals surface area contributed by atoms with Crippen molar-refractivity contribution < 1.29 is 22.7 Å². The number of nitrogens with zero attached hydrogens (tertiary/aromatic N) is 1. The molecule has 1 unspecified atom stereocenters. The summed E-state index contributed by atoms with van der Waals surface area (Å²) in [6, 6.07) is 2.30. The number of nitrogens with two attached hydrogens (primary N) is 1. The molecule has 0 aromatic heterocycles. The first kappa shape index (κ1) is 13.9. The minimum absolute atomic E-state index is 0.109. The van der Waals surface area contributed by atoms with E-state index in [4.69, 9.17) is 10.8 Å². The Kier molecular flexibility index (Phi) is 3.57. The third-order valence-corrected chi connectivity index (χ3v) is 4.88. The summed E-state index contributed by atoms with van der Waals surface area (Å²) >= 11 is 0. The predicted octanol–water partition coefficient (Wildman–Crippen LogP) is 0.246. The van der Waals surface area contributed by atoms with Crippen LogP contribution in [0.15, 0.2) is 23.1 Å². The topological polar surface area (TPSA) is 101 Å². The summed E-state index contributed by atoms with van der Waals surface area (Å²) in [7, 11) is -4.04. The third kappa shape index (κ3) is 2.60. The molecule has 1 aliphatic heterocycles. The standard InChI is InChI=1S/C11H13FN2O4S/c12-7-1-2-9(11(15)16)10(5-7)19(17,18)14-4-3-8(13)6-14/h1-2,5,8H,3-4,6,13H2,(H,15,16). The van der Waals surface area contributed by atoms with Crippen LogP contribution in [0.1, 0.15) is 16.8 Å². The minimum atomic E-state index is -4.04. The zero-order chi connectivity index (χ0) is 14.2. The molecular weight excluding hydrogens is 275 g/mol. The molecule has 0 aliphatic carbocycles. The van der Waals surface area contributed by atoms with Crippen molar-refractivity contribution in [2.75, 3.05) is 13.1 Å². The number of hydrogen-bond donors (Lipinski definition) is 2. The fourth-order valence-electron chi connectivity index (χ4n) is 2.00. The van der Waals surface area contributed by atoms with E-state index in [0.717, 1.165) is 22.5 Å². The number of benzene rings is 1. The van der Waals surface area contributed by atoms with Gasteiger partial charge >= 0.3 is 5.97 Å². The van der Waals surface area contributed by atoms with E-state index < -0.39 is 32.3 Å². The highest BCUT2D eigenvalue weighted by atomic mass is 32.2. The Morgan fingerprint density at radius 3 is 2.68 bits per heavy atom. The molecular formula is C11H13FN2O4S. The van der Waals surface area contributed by atoms with Gasteiger partial charge in [-0.3, -0.25) is 0 Å². The van der Waals surface area contributed by atoms with Crippen LogP contribution in [-0.4, -0.2) is 42.9 Å². The highest BCUT2D eigenvalue weighted by molar-refractivity contribution is 7.89. The number of halogens is 1. The maximum atomic E-state index is 13.2. The van der Waals surface area contributed by atoms with Gasteiger partial charge in [-0.1, -0.05) is 0 Å². The van der Waals surface area contributed by atoms with Gasteiger partial charge in [0, 0.05) is 19.1 Å². The number of hydrogen-bond acceptors (Lipinski definition) is 4. The van der Waals surface area contributed by atoms with Crippen molar-refractivity contribution >= 4 is 16.0 Å². The average Bonchev–Trinajstić information content (AvgIpc) is 2.76. The molecule has 0 radical (unpaired) electrons. The largest absolute Gasteiger partial charge is 0.478 e. The molecule has 104 valence electrons. The first-order chi connectivity index (χ1) is 8.82. The first-order valence-electron chi connectivity index (χ1n) is 5.61. The van der Waals surface area contributed by atoms with Crippen molar-refractivity contribution in [2.45, 2.75) is 17.4 Å². The molecule has 0 saturated carbocycles. The molecule has 1 atom stereocenters. The maximum Gasteiger partial charge on any atom is 0.337 e. The van der Waals surface area contributed by atoms with Gasteiger partial charge in [-0.25, -0.2) is 17.6 Å². The van der Waals surface area contributed by atoms with Gasteiger partial charge in [0.25, 0.3) is 0 Å². The van der Waals surface area contributed by atoms with Crippen LogP contribution in [0.4, 0.5) is 4.39 Å². The van der Waals surface area contributed by atoms with Crippen LogP contribution in [0, 0.1) is 5.82 Å². The molecule has 1 heterocycles. The molecule has 1 aliphatic rings. The Balaban J connectivity index is 2.51. The van der Waals surface area contributed by atoms with E-state index in [2.05, 4.69) is 0 Å². The molecule has 6 nitrogen and oxygen atoms in total. The lowest BCUT2D eigenvalue weighted by Crippen LogP contribution is -2.32. The predicted molar refractivity (Wildman–Crippen MR) is 64.7 cm³/mol. The SMILES string of the molecule is NC1CCN(S(=O)(=O)c2cc(F)ccc2C(=O)O)C1. The molecule has 0 spiro atoms. The monoisotopic (exact) mass is 288 g/mol. The van der Waals surface area contributed by atoms with E-state index in [1.165, 1.54) is 0 Å². The Morgan fingerprint density at radius 2 is 2.16 bits per heavy atom. The second-order valence-corrected chi connectivity index (χ2v) is 6.26. The second kappa shape index (κ2) is 4.87. The van der Waals surface area contributed by atoms with Crippen LogP contribution >= 0.6 is 0 Å². The van der Waals surface area contributed by atoms with Crippen LogP contribution in [-0.2, 0) is 10.0 Å². The van der Waals surface area contributed by atoms with Gasteiger partial charge in [0.15, 0.2) is 0 Å². The maximum absolute atomic E-state index is 13.2. The Labute approximate surface area is 109 Å². The van der Waals surface area contributed by atoms with E-state index in [1.807, 2.05) is 0 Å². The quantitative estimate of drug-likeness (QED) is 0.830. The van der Waals surface area contributed by atoms with E-state index in [1.54, 1.807) is 0 Å². The van der Waals surface area contributed by atoms with Crippen LogP contribution in [0.3, 0.4) is 0 Å². The van der Waals surface area contributed by atoms with E-state index in [-0.39, 0.29) is 19.1 Å². The highest BCUT2D eigenvalue weighted by Gasteiger charge is 2.33. The van der Waals surface area contributed by atoms with Crippen LogP contribution < -0.4 is 5.73 Å². The Bertz CT molecular complexity index is 617. The van der Waals surface area contributed by atoms with E-state index in [0.29, 0.717) is 6.42 Å². The van der Waals surface area contributed by atoms with Gasteiger partial charge in [-0.15, -0.1) is 0 Å². The summed E-state index contributed by atoms with van der Waals surface area (Å²) in [4.78, 5) is 10.5. The fourth-order valence-corrected chi connectivity index (χ4v) is 3.70. The molecule has 8 heteroatoms. The van der Waals surface area contributed by atoms with Gasteiger partial charge < -0.3 is 10.8 Å². The van der Waals surface area contributed by atoms with E-state index >= 15 is 0 Å². The average molecular weight is 288 g/mol. The molecule has 19 heavy (non-hydrogen) atoms. The number of rotatable bonds is 3. The molecule has 0 bridgehead atoms. The molecule has 2 rings (SSSR count). The first-order valence-corrected chi connectivity index (χ1v) is 7.05. The van der Waals surface area contributed by atoms with Crippen molar-refractivity contribution in [3.8, 4) is 0 Å². The highest BCUT2D eigenvalue weighted by Crippen LogP contribution is 2.24. The summed E-state index contributed by atoms with van der Waals surface area (Å²) in [6.45, 7) is 0.316. The molecule has 1 saturated heterocycles. The van der Waals surface area contributed by atoms with Gasteiger partial charge in [-0.05, 0) is 24.6 Å². The number of carboxylic acids is 1. The van der Waals surface area contributed by atoms with Crippen molar-refractivity contribution in [3.63, 3.8) is 0 Å². The number of carbonyl (C=O) groups is 1. The third-order valence-electron chi connectivity index (χ3n) is 2.98. The lowest BCUT2D eigenvalue weighted by molar-refractivity contribution is 0.0692. The zero-order valence-electron chi connectivity index (χ0n) is 9.91. The van der Waals surface area contributed by atoms with Crippen molar-refractivity contribution in [2.24, 2.45) is 5.73 Å². The van der Waals surface area contributed by atoms with Gasteiger partial charge in [0.2, 0.25) is 10.0 Å². The number of aromatic carboxylic acids is 1. The summed E-state index contributed by atoms with van der Waals surface area (Å²) in [6.07, 6.45) is 0.497. The lowest BCUT2D eigenvalue weighted by Gasteiger charge is -2.17. The summed E-state index contributed by atoms with van der Waals surface area (Å²) in [5.74, 6) is -2.21. The zero-order valence-corrected chi connectivity index (χ0v) is 10.7. The Morgan fingerprint density at radius 1 is 1.47 bits per heavy atom. The summed E-state index contributed by atoms with van der Waals surface area (Å²) in [5, 5.41) is 8.98. The minimum Gasteiger partial charge on any atom is -0.478 e. The summed E-state index contributed by atoms with van der Waals surface area (Å²) < 4.78 is 38.9. The summed E-state index contributed by atoms with van der Waals surface area (Å²) in [5.41, 5.74) is 5.19. The normalized spacial score (nSPS) is 20.6. The molecule has 1 aromatic carbocycles. The van der Waals surface area contributed by atoms with Gasteiger partial charge in [-0.2, -0.15) is 4.31 Å². The second-order valence-electron chi connectivity index (χ2n) is 4.36. The fraction of sp³-hybridized carbons (Fsp3) is 0.364. The van der Waals surface area contributed by atoms with Crippen molar-refractivity contribution in [1.29, 1.82) is 0 Å². The molecule has 0 amide bonds. The van der Waals surface area contributed by atoms with Crippen LogP contribution in [0.2, 0.25) is 0 Å². The molecule has 1 fully saturated rings. The van der Waals surface area contributed by atoms with Crippen LogP contribution in [0.25, 0.3) is 0 Å². The van der Waals surface area contributed by atoms with Crippen LogP contribution in [0.5, 0.6) is 0 Å². The lowest BCUT2D eigenvalue weighted by atomic mass is 10.2. The van der Waals surface area contributed by atoms with Gasteiger partial charge in [0.1, 0.15) is 5.82 Å². The smallest absolute Gasteiger partial charge is 0.337 e. The Hall–Kier alpha value is -1.51. The molecule has 1 aromatic rings. The number of carboxylic acid groups (broad SMARTS) is 1. The van der Waals surface area contributed by atoms with Crippen molar-refractivity contribution in [3.05, 3.63) is 29.6 Å². The van der Waals surface area contributed by atoms with Crippen molar-refractivity contribution in [1.82, 2.24) is 4.31 Å². The van der Waals surface area contributed by atoms with Gasteiger partial charge in [0.05, 0.1) is 10.5 Å². The van der Waals surface area contributed by atoms with E-state index in [9.17, 15) is 17.6 Å². The number of sulfonamides is 1.